The summed E-state index contributed by atoms with van der Waals surface area (Å²) in [7, 11) is 0. The molecule has 1 atom stereocenters. The first-order valence-corrected chi connectivity index (χ1v) is 10.4. The Morgan fingerprint density at radius 2 is 1.85 bits per heavy atom. The van der Waals surface area contributed by atoms with Crippen molar-refractivity contribution in [3.63, 3.8) is 0 Å². The SMILES string of the molecule is O=C1CCC[C@H](N2Cc3cc(CNC(=O)C(F)(F)c4ccc(F)cc4)ccc3C2=O)C(=O)N1. The number of carbonyl (C=O) groups is 4. The molecule has 0 bridgehead atoms. The Kier molecular flexibility index (Phi) is 5.92. The highest BCUT2D eigenvalue weighted by molar-refractivity contribution is 6.04. The fourth-order valence-electron chi connectivity index (χ4n) is 4.01. The van der Waals surface area contributed by atoms with Crippen LogP contribution < -0.4 is 10.6 Å². The van der Waals surface area contributed by atoms with Crippen LogP contribution in [-0.2, 0) is 33.4 Å². The molecule has 2 aromatic carbocycles. The lowest BCUT2D eigenvalue weighted by Crippen LogP contribution is -2.46. The van der Waals surface area contributed by atoms with E-state index < -0.39 is 35.2 Å². The third-order valence-corrected chi connectivity index (χ3v) is 5.77. The maximum Gasteiger partial charge on any atom is 0.349 e. The summed E-state index contributed by atoms with van der Waals surface area (Å²) in [5.74, 6) is -7.31. The van der Waals surface area contributed by atoms with Gasteiger partial charge in [-0.2, -0.15) is 8.78 Å². The highest BCUT2D eigenvalue weighted by atomic mass is 19.3. The highest BCUT2D eigenvalue weighted by Crippen LogP contribution is 2.30. The number of alkyl halides is 2. The molecule has 2 aliphatic rings. The fourth-order valence-corrected chi connectivity index (χ4v) is 4.01. The lowest BCUT2D eigenvalue weighted by Gasteiger charge is -2.24. The maximum atomic E-state index is 14.4. The first-order chi connectivity index (χ1) is 15.7. The zero-order chi connectivity index (χ0) is 23.8. The minimum atomic E-state index is -3.85. The van der Waals surface area contributed by atoms with E-state index in [4.69, 9.17) is 0 Å². The Bertz CT molecular complexity index is 1130. The molecule has 10 heteroatoms. The van der Waals surface area contributed by atoms with E-state index in [2.05, 4.69) is 10.6 Å². The summed E-state index contributed by atoms with van der Waals surface area (Å²) in [6, 6.07) is 7.31. The van der Waals surface area contributed by atoms with Crippen LogP contribution in [0.15, 0.2) is 42.5 Å². The molecule has 4 rings (SSSR count). The second-order valence-electron chi connectivity index (χ2n) is 8.01. The third-order valence-electron chi connectivity index (χ3n) is 5.77. The number of halogens is 3. The van der Waals surface area contributed by atoms with Gasteiger partial charge < -0.3 is 10.2 Å². The van der Waals surface area contributed by atoms with Crippen molar-refractivity contribution in [2.45, 2.75) is 44.3 Å². The summed E-state index contributed by atoms with van der Waals surface area (Å²) in [5.41, 5.74) is 0.842. The number of amides is 4. The molecule has 33 heavy (non-hydrogen) atoms. The number of imide groups is 1. The molecule has 4 amide bonds. The van der Waals surface area contributed by atoms with Crippen LogP contribution in [0, 0.1) is 5.82 Å². The van der Waals surface area contributed by atoms with Gasteiger partial charge in [0, 0.05) is 30.6 Å². The summed E-state index contributed by atoms with van der Waals surface area (Å²) >= 11 is 0. The molecule has 2 aromatic rings. The van der Waals surface area contributed by atoms with E-state index in [-0.39, 0.29) is 31.3 Å². The average molecular weight is 459 g/mol. The number of fused-ring (bicyclic) bond motifs is 1. The van der Waals surface area contributed by atoms with E-state index >= 15 is 0 Å². The van der Waals surface area contributed by atoms with Crippen LogP contribution in [0.4, 0.5) is 13.2 Å². The number of benzene rings is 2. The highest BCUT2D eigenvalue weighted by Gasteiger charge is 2.41. The van der Waals surface area contributed by atoms with Gasteiger partial charge in [-0.15, -0.1) is 0 Å². The largest absolute Gasteiger partial charge is 0.349 e. The van der Waals surface area contributed by atoms with Crippen molar-refractivity contribution in [3.8, 4) is 0 Å². The third kappa shape index (κ3) is 4.46. The van der Waals surface area contributed by atoms with E-state index in [1.54, 1.807) is 6.07 Å². The Morgan fingerprint density at radius 1 is 1.12 bits per heavy atom. The first-order valence-electron chi connectivity index (χ1n) is 10.4. The zero-order valence-electron chi connectivity index (χ0n) is 17.4. The van der Waals surface area contributed by atoms with E-state index in [1.807, 2.05) is 0 Å². The van der Waals surface area contributed by atoms with Gasteiger partial charge in [-0.3, -0.25) is 24.5 Å². The summed E-state index contributed by atoms with van der Waals surface area (Å²) < 4.78 is 41.7. The molecule has 0 aromatic heterocycles. The molecule has 1 fully saturated rings. The molecule has 172 valence electrons. The van der Waals surface area contributed by atoms with Gasteiger partial charge in [0.2, 0.25) is 11.8 Å². The Morgan fingerprint density at radius 3 is 2.58 bits per heavy atom. The van der Waals surface area contributed by atoms with E-state index in [0.717, 1.165) is 24.3 Å². The number of hydrogen-bond donors (Lipinski definition) is 2. The lowest BCUT2D eigenvalue weighted by atomic mass is 10.1. The predicted octanol–water partition coefficient (Wildman–Crippen LogP) is 2.39. The Labute approximate surface area is 186 Å². The van der Waals surface area contributed by atoms with Crippen LogP contribution in [0.25, 0.3) is 0 Å². The van der Waals surface area contributed by atoms with Crippen molar-refractivity contribution < 1.29 is 32.3 Å². The van der Waals surface area contributed by atoms with Gasteiger partial charge in [-0.25, -0.2) is 4.39 Å². The van der Waals surface area contributed by atoms with Crippen LogP contribution in [0.3, 0.4) is 0 Å². The summed E-state index contributed by atoms with van der Waals surface area (Å²) in [6.07, 6.45) is 1.05. The predicted molar refractivity (Wildman–Crippen MR) is 109 cm³/mol. The van der Waals surface area contributed by atoms with Gasteiger partial charge in [0.25, 0.3) is 11.8 Å². The molecule has 0 saturated carbocycles. The van der Waals surface area contributed by atoms with E-state index in [9.17, 15) is 32.3 Å². The van der Waals surface area contributed by atoms with Gasteiger partial charge in [0.1, 0.15) is 11.9 Å². The van der Waals surface area contributed by atoms with Crippen molar-refractivity contribution in [3.05, 3.63) is 70.5 Å². The average Bonchev–Trinajstić information content (AvgIpc) is 2.99. The number of nitrogens with zero attached hydrogens (tertiary/aromatic N) is 1. The van der Waals surface area contributed by atoms with Gasteiger partial charge in [-0.05, 0) is 54.3 Å². The summed E-state index contributed by atoms with van der Waals surface area (Å²) in [6.45, 7) is -0.0799. The maximum absolute atomic E-state index is 14.4. The van der Waals surface area contributed by atoms with Crippen LogP contribution in [0.1, 0.15) is 46.3 Å². The Balaban J connectivity index is 1.44. The number of nitrogens with one attached hydrogen (secondary N) is 2. The molecule has 2 heterocycles. The standard InChI is InChI=1S/C23H20F3N3O4/c24-16-7-5-15(6-8-16)23(25,26)22(33)27-11-13-4-9-17-14(10-13)12-29(21(17)32)18-2-1-3-19(30)28-20(18)31/h4-10,18H,1-3,11-12H2,(H,27,33)(H,28,30,31)/t18-/m0/s1. The second-order valence-corrected chi connectivity index (χ2v) is 8.01. The molecular formula is C23H20F3N3O4. The minimum absolute atomic E-state index is 0.133. The Hall–Kier alpha value is -3.69. The molecule has 0 aliphatic carbocycles. The van der Waals surface area contributed by atoms with Crippen molar-refractivity contribution in [2.75, 3.05) is 0 Å². The van der Waals surface area contributed by atoms with Crippen molar-refractivity contribution >= 4 is 23.6 Å². The van der Waals surface area contributed by atoms with Gasteiger partial charge in [-0.1, -0.05) is 12.1 Å². The first kappa shape index (κ1) is 22.5. The van der Waals surface area contributed by atoms with Gasteiger partial charge >= 0.3 is 5.92 Å². The molecule has 0 spiro atoms. The molecule has 2 N–H and O–H groups in total. The fraction of sp³-hybridized carbons (Fsp3) is 0.304. The van der Waals surface area contributed by atoms with Crippen molar-refractivity contribution in [1.82, 2.24) is 15.5 Å². The van der Waals surface area contributed by atoms with Crippen molar-refractivity contribution in [2.24, 2.45) is 0 Å². The zero-order valence-corrected chi connectivity index (χ0v) is 17.4. The second kappa shape index (κ2) is 8.68. The smallest absolute Gasteiger partial charge is 0.346 e. The summed E-state index contributed by atoms with van der Waals surface area (Å²) in [4.78, 5) is 50.1. The van der Waals surface area contributed by atoms with Gasteiger partial charge in [0.15, 0.2) is 0 Å². The molecule has 7 nitrogen and oxygen atoms in total. The van der Waals surface area contributed by atoms with E-state index in [0.29, 0.717) is 29.5 Å². The molecule has 0 radical (unpaired) electrons. The van der Waals surface area contributed by atoms with Crippen LogP contribution >= 0.6 is 0 Å². The molecular weight excluding hydrogens is 439 g/mol. The van der Waals surface area contributed by atoms with Crippen LogP contribution in [0.2, 0.25) is 0 Å². The van der Waals surface area contributed by atoms with Crippen molar-refractivity contribution in [1.29, 1.82) is 0 Å². The minimum Gasteiger partial charge on any atom is -0.346 e. The summed E-state index contributed by atoms with van der Waals surface area (Å²) in [5, 5.41) is 4.45. The van der Waals surface area contributed by atoms with Crippen LogP contribution in [-0.4, -0.2) is 34.6 Å². The molecule has 2 aliphatic heterocycles. The number of hydrogen-bond acceptors (Lipinski definition) is 4. The lowest BCUT2D eigenvalue weighted by molar-refractivity contribution is -0.147. The number of carbonyl (C=O) groups excluding carboxylic acids is 4. The quantitative estimate of drug-likeness (QED) is 0.672. The topological polar surface area (TPSA) is 95.6 Å². The van der Waals surface area contributed by atoms with Gasteiger partial charge in [0.05, 0.1) is 0 Å². The monoisotopic (exact) mass is 459 g/mol. The van der Waals surface area contributed by atoms with E-state index in [1.165, 1.54) is 17.0 Å². The normalized spacial score (nSPS) is 18.6. The molecule has 0 unspecified atom stereocenters. The van der Waals surface area contributed by atoms with Crippen LogP contribution in [0.5, 0.6) is 0 Å². The molecule has 1 saturated heterocycles. The number of rotatable bonds is 5.